The molecule has 0 amide bonds. The predicted octanol–water partition coefficient (Wildman–Crippen LogP) is 3.70. The fraction of sp³-hybridized carbons (Fsp3) is 0.278. The van der Waals surface area contributed by atoms with E-state index in [2.05, 4.69) is 22.4 Å². The zero-order chi connectivity index (χ0) is 17.9. The Kier molecular flexibility index (Phi) is 5.30. The van der Waals surface area contributed by atoms with Gasteiger partial charge in [-0.25, -0.2) is 4.99 Å². The van der Waals surface area contributed by atoms with Crippen molar-refractivity contribution >= 4 is 27.5 Å². The first-order valence-electron chi connectivity index (χ1n) is 7.76. The van der Waals surface area contributed by atoms with Crippen LogP contribution < -0.4 is 4.74 Å². The molecule has 7 heteroatoms. The van der Waals surface area contributed by atoms with Crippen LogP contribution in [0, 0.1) is 0 Å². The Morgan fingerprint density at radius 3 is 2.12 bits per heavy atom. The van der Waals surface area contributed by atoms with Crippen LogP contribution in [0.15, 0.2) is 58.4 Å². The third kappa shape index (κ3) is 4.14. The summed E-state index contributed by atoms with van der Waals surface area (Å²) in [7, 11) is -2.16. The van der Waals surface area contributed by atoms with Crippen LogP contribution in [-0.2, 0) is 14.3 Å². The van der Waals surface area contributed by atoms with E-state index in [0.29, 0.717) is 12.8 Å². The van der Waals surface area contributed by atoms with E-state index >= 15 is 0 Å². The van der Waals surface area contributed by atoms with Crippen LogP contribution in [0.3, 0.4) is 0 Å². The van der Waals surface area contributed by atoms with E-state index in [0.717, 1.165) is 16.9 Å². The number of thiocarbonyl (C=S) groups is 1. The Morgan fingerprint density at radius 1 is 1.04 bits per heavy atom. The molecule has 0 bridgehead atoms. The second kappa shape index (κ2) is 7.45. The number of hydrogen-bond donors (Lipinski definition) is 0. The van der Waals surface area contributed by atoms with Crippen molar-refractivity contribution in [3.05, 3.63) is 48.5 Å². The smallest absolute Gasteiger partial charge is 0.297 e. The molecule has 0 aliphatic heterocycles. The minimum Gasteiger partial charge on any atom is -0.497 e. The maximum Gasteiger partial charge on any atom is 0.297 e. The summed E-state index contributed by atoms with van der Waals surface area (Å²) in [4.78, 5) is 4.07. The highest BCUT2D eigenvalue weighted by molar-refractivity contribution is 7.86. The van der Waals surface area contributed by atoms with Crippen LogP contribution in [0.2, 0.25) is 0 Å². The minimum absolute atomic E-state index is 0.0233. The number of nitrogens with zero attached hydrogens (tertiary/aromatic N) is 1. The van der Waals surface area contributed by atoms with Gasteiger partial charge in [0.25, 0.3) is 10.1 Å². The lowest BCUT2D eigenvalue weighted by atomic mass is 9.90. The Bertz CT molecular complexity index is 880. The fourth-order valence-electron chi connectivity index (χ4n) is 2.63. The van der Waals surface area contributed by atoms with E-state index in [4.69, 9.17) is 8.92 Å². The quantitative estimate of drug-likeness (QED) is 0.438. The number of isothiocyanates is 1. The molecule has 0 radical (unpaired) electrons. The average Bonchev–Trinajstić information content (AvgIpc) is 2.60. The highest BCUT2D eigenvalue weighted by Gasteiger charge is 2.34. The third-order valence-electron chi connectivity index (χ3n) is 4.13. The molecule has 0 spiro atoms. The number of hydrogen-bond acceptors (Lipinski definition) is 6. The summed E-state index contributed by atoms with van der Waals surface area (Å²) in [6.45, 7) is 0. The predicted molar refractivity (Wildman–Crippen MR) is 98.5 cm³/mol. The first-order chi connectivity index (χ1) is 12.0. The van der Waals surface area contributed by atoms with Crippen molar-refractivity contribution in [2.75, 3.05) is 7.11 Å². The first-order valence-corrected chi connectivity index (χ1v) is 9.58. The summed E-state index contributed by atoms with van der Waals surface area (Å²) in [5.41, 5.74) is 1.89. The van der Waals surface area contributed by atoms with E-state index in [1.54, 1.807) is 31.4 Å². The van der Waals surface area contributed by atoms with Crippen molar-refractivity contribution in [3.8, 4) is 16.9 Å². The molecular formula is C18H17NO4S2. The van der Waals surface area contributed by atoms with Gasteiger partial charge in [0.1, 0.15) is 5.75 Å². The summed E-state index contributed by atoms with van der Waals surface area (Å²) < 4.78 is 35.0. The van der Waals surface area contributed by atoms with Crippen LogP contribution >= 0.6 is 12.2 Å². The molecule has 130 valence electrons. The molecule has 2 aromatic carbocycles. The number of ether oxygens (including phenoxy) is 1. The lowest BCUT2D eigenvalue weighted by Gasteiger charge is -2.30. The van der Waals surface area contributed by atoms with E-state index in [1.165, 1.54) is 0 Å². The van der Waals surface area contributed by atoms with Gasteiger partial charge in [0, 0.05) is 0 Å². The molecular weight excluding hydrogens is 358 g/mol. The lowest BCUT2D eigenvalue weighted by molar-refractivity contribution is 0.109. The van der Waals surface area contributed by atoms with Gasteiger partial charge in [0.15, 0.2) is 0 Å². The normalized spacial score (nSPS) is 19.6. The molecule has 0 heterocycles. The van der Waals surface area contributed by atoms with Crippen LogP contribution in [0.1, 0.15) is 12.8 Å². The Hall–Kier alpha value is -2.05. The van der Waals surface area contributed by atoms with E-state index in [-0.39, 0.29) is 17.0 Å². The monoisotopic (exact) mass is 375 g/mol. The number of methoxy groups -OCH3 is 1. The molecule has 0 N–H and O–H groups in total. The second-order valence-electron chi connectivity index (χ2n) is 5.77. The topological polar surface area (TPSA) is 65.0 Å². The fourth-order valence-corrected chi connectivity index (χ4v) is 3.87. The molecule has 1 aliphatic rings. The second-order valence-corrected chi connectivity index (χ2v) is 7.53. The summed E-state index contributed by atoms with van der Waals surface area (Å²) in [6, 6.07) is 14.2. The van der Waals surface area contributed by atoms with Crippen molar-refractivity contribution < 1.29 is 17.3 Å². The van der Waals surface area contributed by atoms with Crippen LogP contribution in [0.5, 0.6) is 5.75 Å². The minimum atomic E-state index is -3.78. The summed E-state index contributed by atoms with van der Waals surface area (Å²) in [5, 5.41) is 2.31. The number of benzene rings is 2. The van der Waals surface area contributed by atoms with Crippen LogP contribution in [0.25, 0.3) is 11.1 Å². The van der Waals surface area contributed by atoms with Gasteiger partial charge in [-0.2, -0.15) is 8.42 Å². The Morgan fingerprint density at radius 2 is 1.60 bits per heavy atom. The lowest BCUT2D eigenvalue weighted by Crippen LogP contribution is -2.35. The summed E-state index contributed by atoms with van der Waals surface area (Å²) in [5.74, 6) is 0.771. The zero-order valence-corrected chi connectivity index (χ0v) is 15.2. The molecule has 1 fully saturated rings. The zero-order valence-electron chi connectivity index (χ0n) is 13.6. The molecule has 0 atom stereocenters. The Balaban J connectivity index is 1.69. The van der Waals surface area contributed by atoms with Gasteiger partial charge in [0.05, 0.1) is 29.3 Å². The molecule has 0 unspecified atom stereocenters. The number of rotatable bonds is 6. The largest absolute Gasteiger partial charge is 0.497 e. The highest BCUT2D eigenvalue weighted by atomic mass is 32.2. The molecule has 1 aliphatic carbocycles. The van der Waals surface area contributed by atoms with Gasteiger partial charge in [0.2, 0.25) is 0 Å². The van der Waals surface area contributed by atoms with Crippen molar-refractivity contribution in [1.82, 2.24) is 0 Å². The van der Waals surface area contributed by atoms with E-state index < -0.39 is 10.1 Å². The van der Waals surface area contributed by atoms with Gasteiger partial charge in [-0.1, -0.05) is 24.3 Å². The van der Waals surface area contributed by atoms with Crippen LogP contribution in [-0.4, -0.2) is 32.8 Å². The van der Waals surface area contributed by atoms with Crippen molar-refractivity contribution in [2.24, 2.45) is 4.99 Å². The SMILES string of the molecule is COc1ccc(-c2ccc(S(=O)(=O)O[C@H]3C[C@@H](N=C=S)C3)cc2)cc1. The van der Waals surface area contributed by atoms with Gasteiger partial charge in [-0.15, -0.1) is 0 Å². The van der Waals surface area contributed by atoms with Crippen molar-refractivity contribution in [1.29, 1.82) is 0 Å². The van der Waals surface area contributed by atoms with Gasteiger partial charge < -0.3 is 4.74 Å². The van der Waals surface area contributed by atoms with Gasteiger partial charge in [-0.3, -0.25) is 4.18 Å². The van der Waals surface area contributed by atoms with Crippen LogP contribution in [0.4, 0.5) is 0 Å². The molecule has 0 saturated heterocycles. The molecule has 5 nitrogen and oxygen atoms in total. The maximum atomic E-state index is 12.3. The summed E-state index contributed by atoms with van der Waals surface area (Å²) >= 11 is 4.54. The standard InChI is InChI=1S/C18H17NO4S2/c1-22-16-6-2-13(3-7-16)14-4-8-18(9-5-14)25(20,21)23-17-10-15(11-17)19-12-24/h2-9,15,17H,10-11H2,1H3/t15-,17+. The molecule has 0 aromatic heterocycles. The van der Waals surface area contributed by atoms with Gasteiger partial charge in [-0.05, 0) is 60.5 Å². The van der Waals surface area contributed by atoms with Crippen molar-refractivity contribution in [3.63, 3.8) is 0 Å². The molecule has 1 saturated carbocycles. The van der Waals surface area contributed by atoms with Crippen molar-refractivity contribution in [2.45, 2.75) is 29.9 Å². The van der Waals surface area contributed by atoms with E-state index in [1.807, 2.05) is 24.3 Å². The Labute approximate surface area is 152 Å². The van der Waals surface area contributed by atoms with Gasteiger partial charge >= 0.3 is 0 Å². The highest BCUT2D eigenvalue weighted by Crippen LogP contribution is 2.30. The third-order valence-corrected chi connectivity index (χ3v) is 5.61. The maximum absolute atomic E-state index is 12.3. The molecule has 25 heavy (non-hydrogen) atoms. The average molecular weight is 375 g/mol. The molecule has 3 rings (SSSR count). The van der Waals surface area contributed by atoms with E-state index in [9.17, 15) is 8.42 Å². The summed E-state index contributed by atoms with van der Waals surface area (Å²) in [6.07, 6.45) is 0.753. The molecule has 2 aromatic rings. The first kappa shape index (κ1) is 17.8. The number of aliphatic imine (C=N–C) groups is 1.